The first-order chi connectivity index (χ1) is 10.9. The molecule has 5 nitrogen and oxygen atoms in total. The summed E-state index contributed by atoms with van der Waals surface area (Å²) in [4.78, 5) is 11.8. The van der Waals surface area contributed by atoms with E-state index in [1.54, 1.807) is 0 Å². The van der Waals surface area contributed by atoms with Gasteiger partial charge in [-0.3, -0.25) is 0 Å². The number of aliphatic hydroxyl groups is 1. The van der Waals surface area contributed by atoms with Gasteiger partial charge in [0.05, 0.1) is 5.69 Å². The number of halogens is 3. The van der Waals surface area contributed by atoms with E-state index in [1.807, 2.05) is 6.92 Å². The molecule has 8 heteroatoms. The van der Waals surface area contributed by atoms with Crippen molar-refractivity contribution in [3.05, 3.63) is 24.3 Å². The maximum Gasteiger partial charge on any atom is 0.573 e. The Labute approximate surface area is 132 Å². The lowest BCUT2D eigenvalue weighted by Crippen LogP contribution is -2.33. The molecule has 1 rings (SSSR count). The van der Waals surface area contributed by atoms with Crippen LogP contribution in [-0.2, 0) is 0 Å². The maximum atomic E-state index is 12.3. The topological polar surface area (TPSA) is 70.6 Å². The fourth-order valence-electron chi connectivity index (χ4n) is 2.13. The third kappa shape index (κ3) is 7.73. The standard InChI is InChI=1S/C15H21F3N2O3/c1-2-5-11(8-9-21)10-19-14(22)20-12-6-3-4-7-13(12)23-15(16,17)18/h3-4,6-7,11,21H,2,5,8-10H2,1H3,(H2,19,20,22). The van der Waals surface area contributed by atoms with E-state index < -0.39 is 18.1 Å². The monoisotopic (exact) mass is 334 g/mol. The van der Waals surface area contributed by atoms with E-state index in [0.29, 0.717) is 13.0 Å². The minimum atomic E-state index is -4.83. The predicted molar refractivity (Wildman–Crippen MR) is 80.2 cm³/mol. The molecule has 0 aliphatic carbocycles. The van der Waals surface area contributed by atoms with Gasteiger partial charge in [-0.05, 0) is 30.9 Å². The number of benzene rings is 1. The molecule has 2 amide bonds. The number of hydrogen-bond donors (Lipinski definition) is 3. The molecule has 0 aliphatic heterocycles. The highest BCUT2D eigenvalue weighted by Gasteiger charge is 2.32. The van der Waals surface area contributed by atoms with Crippen LogP contribution in [0.4, 0.5) is 23.7 Å². The quantitative estimate of drug-likeness (QED) is 0.681. The molecule has 0 bridgehead atoms. The second kappa shape index (κ2) is 9.24. The predicted octanol–water partition coefficient (Wildman–Crippen LogP) is 3.51. The Morgan fingerprint density at radius 3 is 2.61 bits per heavy atom. The van der Waals surface area contributed by atoms with E-state index in [1.165, 1.54) is 18.2 Å². The number of anilines is 1. The zero-order valence-corrected chi connectivity index (χ0v) is 12.8. The summed E-state index contributed by atoms with van der Waals surface area (Å²) >= 11 is 0. The van der Waals surface area contributed by atoms with Gasteiger partial charge in [-0.25, -0.2) is 4.79 Å². The minimum absolute atomic E-state index is 0.0240. The molecule has 0 saturated carbocycles. The second-order valence-electron chi connectivity index (χ2n) is 5.05. The highest BCUT2D eigenvalue weighted by atomic mass is 19.4. The number of hydrogen-bond acceptors (Lipinski definition) is 3. The van der Waals surface area contributed by atoms with Crippen molar-refractivity contribution in [2.75, 3.05) is 18.5 Å². The number of nitrogens with one attached hydrogen (secondary N) is 2. The molecular weight excluding hydrogens is 313 g/mol. The highest BCUT2D eigenvalue weighted by Crippen LogP contribution is 2.29. The van der Waals surface area contributed by atoms with Gasteiger partial charge in [0.1, 0.15) is 0 Å². The summed E-state index contributed by atoms with van der Waals surface area (Å²) in [5.41, 5.74) is -0.0727. The van der Waals surface area contributed by atoms with E-state index in [-0.39, 0.29) is 18.2 Å². The van der Waals surface area contributed by atoms with Gasteiger partial charge in [0, 0.05) is 13.2 Å². The number of para-hydroxylation sites is 2. The second-order valence-corrected chi connectivity index (χ2v) is 5.05. The smallest absolute Gasteiger partial charge is 0.404 e. The Hall–Kier alpha value is -1.96. The first kappa shape index (κ1) is 19.1. The summed E-state index contributed by atoms with van der Waals surface area (Å²) in [5.74, 6) is -0.354. The van der Waals surface area contributed by atoms with Crippen LogP contribution in [-0.4, -0.2) is 30.7 Å². The van der Waals surface area contributed by atoms with Gasteiger partial charge >= 0.3 is 12.4 Å². The third-order valence-corrected chi connectivity index (χ3v) is 3.15. The largest absolute Gasteiger partial charge is 0.573 e. The lowest BCUT2D eigenvalue weighted by atomic mass is 10.0. The Morgan fingerprint density at radius 2 is 2.00 bits per heavy atom. The molecule has 1 aromatic carbocycles. The Bertz CT molecular complexity index is 489. The van der Waals surface area contributed by atoms with E-state index in [2.05, 4.69) is 15.4 Å². The molecule has 0 aromatic heterocycles. The Morgan fingerprint density at radius 1 is 1.30 bits per heavy atom. The molecule has 1 unspecified atom stereocenters. The SMILES string of the molecule is CCCC(CCO)CNC(=O)Nc1ccccc1OC(F)(F)F. The molecule has 0 radical (unpaired) electrons. The number of amides is 2. The lowest BCUT2D eigenvalue weighted by molar-refractivity contribution is -0.274. The van der Waals surface area contributed by atoms with Crippen LogP contribution in [0.15, 0.2) is 24.3 Å². The van der Waals surface area contributed by atoms with Crippen LogP contribution in [0.5, 0.6) is 5.75 Å². The molecular formula is C15H21F3N2O3. The van der Waals surface area contributed by atoms with Crippen molar-refractivity contribution in [3.63, 3.8) is 0 Å². The van der Waals surface area contributed by atoms with Crippen LogP contribution in [0, 0.1) is 5.92 Å². The minimum Gasteiger partial charge on any atom is -0.404 e. The highest BCUT2D eigenvalue weighted by molar-refractivity contribution is 5.90. The lowest BCUT2D eigenvalue weighted by Gasteiger charge is -2.17. The molecule has 130 valence electrons. The molecule has 1 atom stereocenters. The van der Waals surface area contributed by atoms with Crippen LogP contribution >= 0.6 is 0 Å². The van der Waals surface area contributed by atoms with Crippen molar-refractivity contribution in [2.45, 2.75) is 32.5 Å². The number of alkyl halides is 3. The summed E-state index contributed by atoms with van der Waals surface area (Å²) in [5, 5.41) is 13.9. The summed E-state index contributed by atoms with van der Waals surface area (Å²) in [6.45, 7) is 2.36. The zero-order chi connectivity index (χ0) is 17.3. The summed E-state index contributed by atoms with van der Waals surface area (Å²) in [6, 6.07) is 4.68. The molecule has 3 N–H and O–H groups in total. The normalized spacial score (nSPS) is 12.6. The van der Waals surface area contributed by atoms with Crippen LogP contribution in [0.3, 0.4) is 0 Å². The van der Waals surface area contributed by atoms with E-state index >= 15 is 0 Å². The molecule has 1 aromatic rings. The fourth-order valence-corrected chi connectivity index (χ4v) is 2.13. The van der Waals surface area contributed by atoms with Crippen molar-refractivity contribution in [1.82, 2.24) is 5.32 Å². The average Bonchev–Trinajstić information content (AvgIpc) is 2.46. The van der Waals surface area contributed by atoms with Gasteiger partial charge in [0.15, 0.2) is 5.75 Å². The van der Waals surface area contributed by atoms with Crippen molar-refractivity contribution >= 4 is 11.7 Å². The first-order valence-corrected chi connectivity index (χ1v) is 7.36. The van der Waals surface area contributed by atoms with Gasteiger partial charge in [0.2, 0.25) is 0 Å². The average molecular weight is 334 g/mol. The Kier molecular flexibility index (Phi) is 7.67. The first-order valence-electron chi connectivity index (χ1n) is 7.36. The summed E-state index contributed by atoms with van der Waals surface area (Å²) in [6.07, 6.45) is -2.52. The fraction of sp³-hybridized carbons (Fsp3) is 0.533. The third-order valence-electron chi connectivity index (χ3n) is 3.15. The number of urea groups is 1. The van der Waals surface area contributed by atoms with Crippen molar-refractivity contribution in [1.29, 1.82) is 0 Å². The maximum absolute atomic E-state index is 12.3. The van der Waals surface area contributed by atoms with Gasteiger partial charge in [0.25, 0.3) is 0 Å². The van der Waals surface area contributed by atoms with E-state index in [0.717, 1.165) is 18.9 Å². The van der Waals surface area contributed by atoms with Gasteiger partial charge < -0.3 is 20.5 Å². The van der Waals surface area contributed by atoms with Gasteiger partial charge in [-0.1, -0.05) is 25.5 Å². The molecule has 0 saturated heterocycles. The molecule has 0 spiro atoms. The molecule has 23 heavy (non-hydrogen) atoms. The van der Waals surface area contributed by atoms with Crippen LogP contribution in [0.1, 0.15) is 26.2 Å². The van der Waals surface area contributed by atoms with Crippen LogP contribution < -0.4 is 15.4 Å². The van der Waals surface area contributed by atoms with Crippen LogP contribution in [0.2, 0.25) is 0 Å². The number of rotatable bonds is 8. The Balaban J connectivity index is 2.60. The molecule has 0 heterocycles. The van der Waals surface area contributed by atoms with E-state index in [4.69, 9.17) is 5.11 Å². The van der Waals surface area contributed by atoms with Gasteiger partial charge in [-0.2, -0.15) is 0 Å². The summed E-state index contributed by atoms with van der Waals surface area (Å²) in [7, 11) is 0. The van der Waals surface area contributed by atoms with Gasteiger partial charge in [-0.15, -0.1) is 13.2 Å². The van der Waals surface area contributed by atoms with E-state index in [9.17, 15) is 18.0 Å². The number of carbonyl (C=O) groups is 1. The summed E-state index contributed by atoms with van der Waals surface area (Å²) < 4.78 is 40.8. The van der Waals surface area contributed by atoms with Crippen molar-refractivity contribution < 1.29 is 27.8 Å². The zero-order valence-electron chi connectivity index (χ0n) is 12.8. The number of ether oxygens (including phenoxy) is 1. The molecule has 0 aliphatic rings. The van der Waals surface area contributed by atoms with Crippen LogP contribution in [0.25, 0.3) is 0 Å². The molecule has 0 fully saturated rings. The van der Waals surface area contributed by atoms with Crippen molar-refractivity contribution in [3.8, 4) is 5.75 Å². The van der Waals surface area contributed by atoms with Crippen molar-refractivity contribution in [2.24, 2.45) is 5.92 Å². The number of carbonyl (C=O) groups excluding carboxylic acids is 1. The number of aliphatic hydroxyl groups excluding tert-OH is 1.